The van der Waals surface area contributed by atoms with Gasteiger partial charge < -0.3 is 5.11 Å². The van der Waals surface area contributed by atoms with E-state index < -0.39 is 17.1 Å². The smallest absolute Gasteiger partial charge is 0.335 e. The lowest BCUT2D eigenvalue weighted by atomic mass is 10.1. The Kier molecular flexibility index (Phi) is 4.37. The van der Waals surface area contributed by atoms with Gasteiger partial charge in [0.25, 0.3) is 5.56 Å². The van der Waals surface area contributed by atoms with Crippen molar-refractivity contribution in [2.75, 3.05) is 6.61 Å². The molecule has 0 saturated heterocycles. The first kappa shape index (κ1) is 15.2. The summed E-state index contributed by atoms with van der Waals surface area (Å²) in [5, 5.41) is 9.04. The summed E-state index contributed by atoms with van der Waals surface area (Å²) in [7, 11) is 0. The zero-order valence-corrected chi connectivity index (χ0v) is 11.9. The van der Waals surface area contributed by atoms with Gasteiger partial charge in [0.2, 0.25) is 0 Å². The van der Waals surface area contributed by atoms with Crippen LogP contribution in [0.4, 0.5) is 4.39 Å². The average Bonchev–Trinajstić information content (AvgIpc) is 2.44. The van der Waals surface area contributed by atoms with E-state index in [0.717, 1.165) is 4.57 Å². The zero-order valence-electron chi connectivity index (χ0n) is 11.9. The molecule has 0 radical (unpaired) electrons. The van der Waals surface area contributed by atoms with Gasteiger partial charge in [-0.15, -0.1) is 0 Å². The summed E-state index contributed by atoms with van der Waals surface area (Å²) >= 11 is 0. The van der Waals surface area contributed by atoms with Crippen molar-refractivity contribution in [1.82, 2.24) is 9.13 Å². The molecule has 0 aliphatic rings. The number of benzene rings is 1. The summed E-state index contributed by atoms with van der Waals surface area (Å²) < 4.78 is 15.3. The van der Waals surface area contributed by atoms with Gasteiger partial charge in [-0.05, 0) is 30.2 Å². The Labute approximate surface area is 120 Å². The van der Waals surface area contributed by atoms with Gasteiger partial charge in [0.15, 0.2) is 0 Å². The van der Waals surface area contributed by atoms with E-state index >= 15 is 0 Å². The summed E-state index contributed by atoms with van der Waals surface area (Å²) in [6, 6.07) is 5.15. The lowest BCUT2D eigenvalue weighted by Crippen LogP contribution is -2.41. The van der Waals surface area contributed by atoms with Gasteiger partial charge >= 0.3 is 5.69 Å². The molecule has 1 aromatic carbocycles. The second-order valence-corrected chi connectivity index (χ2v) is 5.06. The van der Waals surface area contributed by atoms with Crippen LogP contribution in [-0.4, -0.2) is 20.8 Å². The number of nitrogens with zero attached hydrogens (tertiary/aromatic N) is 2. The Hall–Kier alpha value is -2.21. The topological polar surface area (TPSA) is 64.2 Å². The van der Waals surface area contributed by atoms with Gasteiger partial charge in [-0.2, -0.15) is 0 Å². The standard InChI is InChI=1S/C15H17FN2O3/c1-10(2)13-9-17(7-8-19)15(21)18(14(13)20)12-5-3-11(16)4-6-12/h3-6,9-10,19H,7-8H2,1-2H3. The van der Waals surface area contributed by atoms with Crippen molar-refractivity contribution in [2.45, 2.75) is 26.3 Å². The first-order chi connectivity index (χ1) is 9.95. The number of hydrogen-bond acceptors (Lipinski definition) is 3. The molecule has 0 unspecified atom stereocenters. The van der Waals surface area contributed by atoms with Gasteiger partial charge in [-0.3, -0.25) is 9.36 Å². The van der Waals surface area contributed by atoms with Crippen LogP contribution in [0, 0.1) is 5.82 Å². The SMILES string of the molecule is CC(C)c1cn(CCO)c(=O)n(-c2ccc(F)cc2)c1=O. The number of rotatable bonds is 4. The molecule has 1 heterocycles. The first-order valence-corrected chi connectivity index (χ1v) is 6.69. The van der Waals surface area contributed by atoms with E-state index in [-0.39, 0.29) is 19.1 Å². The highest BCUT2D eigenvalue weighted by Crippen LogP contribution is 2.10. The molecule has 0 aliphatic heterocycles. The van der Waals surface area contributed by atoms with E-state index in [0.29, 0.717) is 11.3 Å². The second kappa shape index (κ2) is 6.05. The van der Waals surface area contributed by atoms with Crippen molar-refractivity contribution in [3.05, 3.63) is 62.7 Å². The van der Waals surface area contributed by atoms with Gasteiger partial charge in [-0.25, -0.2) is 13.8 Å². The molecule has 2 rings (SSSR count). The Balaban J connectivity index is 2.77. The minimum Gasteiger partial charge on any atom is -0.395 e. The normalized spacial score (nSPS) is 11.1. The van der Waals surface area contributed by atoms with E-state index in [2.05, 4.69) is 0 Å². The number of halogens is 1. The first-order valence-electron chi connectivity index (χ1n) is 6.69. The van der Waals surface area contributed by atoms with Crippen molar-refractivity contribution in [1.29, 1.82) is 0 Å². The molecule has 6 heteroatoms. The van der Waals surface area contributed by atoms with Crippen molar-refractivity contribution in [3.63, 3.8) is 0 Å². The fraction of sp³-hybridized carbons (Fsp3) is 0.333. The number of aliphatic hydroxyl groups excluding tert-OH is 1. The second-order valence-electron chi connectivity index (χ2n) is 5.06. The summed E-state index contributed by atoms with van der Waals surface area (Å²) in [4.78, 5) is 24.8. The predicted octanol–water partition coefficient (Wildman–Crippen LogP) is 1.25. The van der Waals surface area contributed by atoms with Crippen molar-refractivity contribution >= 4 is 0 Å². The maximum atomic E-state index is 13.0. The van der Waals surface area contributed by atoms with Crippen LogP contribution in [0.1, 0.15) is 25.3 Å². The van der Waals surface area contributed by atoms with Gasteiger partial charge in [0, 0.05) is 11.8 Å². The van der Waals surface area contributed by atoms with Crippen LogP contribution in [0.15, 0.2) is 40.1 Å². The Morgan fingerprint density at radius 3 is 2.33 bits per heavy atom. The maximum Gasteiger partial charge on any atom is 0.335 e. The van der Waals surface area contributed by atoms with Crippen molar-refractivity contribution < 1.29 is 9.50 Å². The monoisotopic (exact) mass is 292 g/mol. The lowest BCUT2D eigenvalue weighted by Gasteiger charge is -2.14. The maximum absolute atomic E-state index is 13.0. The van der Waals surface area contributed by atoms with Crippen LogP contribution in [0.25, 0.3) is 5.69 Å². The Bertz CT molecular complexity index is 745. The summed E-state index contributed by atoms with van der Waals surface area (Å²) in [5.74, 6) is -0.516. The molecule has 0 spiro atoms. The third-order valence-corrected chi connectivity index (χ3v) is 3.23. The minimum atomic E-state index is -0.551. The highest BCUT2D eigenvalue weighted by molar-refractivity contribution is 5.32. The molecule has 1 aromatic heterocycles. The highest BCUT2D eigenvalue weighted by Gasteiger charge is 2.15. The lowest BCUT2D eigenvalue weighted by molar-refractivity contribution is 0.272. The zero-order chi connectivity index (χ0) is 15.6. The van der Waals surface area contributed by atoms with Crippen LogP contribution in [0.5, 0.6) is 0 Å². The van der Waals surface area contributed by atoms with E-state index in [1.165, 1.54) is 35.0 Å². The van der Waals surface area contributed by atoms with Gasteiger partial charge in [0.05, 0.1) is 18.8 Å². The average molecular weight is 292 g/mol. The summed E-state index contributed by atoms with van der Waals surface area (Å²) in [6.45, 7) is 3.58. The van der Waals surface area contributed by atoms with Gasteiger partial charge in [-0.1, -0.05) is 13.8 Å². The highest BCUT2D eigenvalue weighted by atomic mass is 19.1. The number of aliphatic hydroxyl groups is 1. The van der Waals surface area contributed by atoms with E-state index in [1.807, 2.05) is 13.8 Å². The predicted molar refractivity (Wildman–Crippen MR) is 77.4 cm³/mol. The molecule has 1 N–H and O–H groups in total. The third kappa shape index (κ3) is 2.95. The molecule has 0 amide bonds. The van der Waals surface area contributed by atoms with Crippen molar-refractivity contribution in [3.8, 4) is 5.69 Å². The van der Waals surface area contributed by atoms with E-state index in [9.17, 15) is 14.0 Å². The summed E-state index contributed by atoms with van der Waals surface area (Å²) in [6.07, 6.45) is 1.48. The molecule has 2 aromatic rings. The molecule has 0 saturated carbocycles. The molecule has 0 bridgehead atoms. The third-order valence-electron chi connectivity index (χ3n) is 3.23. The van der Waals surface area contributed by atoms with E-state index in [4.69, 9.17) is 5.11 Å². The molecule has 5 nitrogen and oxygen atoms in total. The number of hydrogen-bond donors (Lipinski definition) is 1. The molecule has 0 aliphatic carbocycles. The van der Waals surface area contributed by atoms with Crippen LogP contribution in [-0.2, 0) is 6.54 Å². The molecule has 112 valence electrons. The fourth-order valence-corrected chi connectivity index (χ4v) is 2.10. The Morgan fingerprint density at radius 1 is 1.19 bits per heavy atom. The number of aromatic nitrogens is 2. The minimum absolute atomic E-state index is 0.0743. The van der Waals surface area contributed by atoms with Crippen LogP contribution < -0.4 is 11.2 Å². The molecule has 21 heavy (non-hydrogen) atoms. The Morgan fingerprint density at radius 2 is 1.81 bits per heavy atom. The summed E-state index contributed by atoms with van der Waals surface area (Å²) in [5.41, 5.74) is -0.200. The molecule has 0 fully saturated rings. The van der Waals surface area contributed by atoms with Crippen LogP contribution in [0.2, 0.25) is 0 Å². The van der Waals surface area contributed by atoms with Crippen molar-refractivity contribution in [2.24, 2.45) is 0 Å². The molecular weight excluding hydrogens is 275 g/mol. The van der Waals surface area contributed by atoms with Crippen LogP contribution >= 0.6 is 0 Å². The molecular formula is C15H17FN2O3. The quantitative estimate of drug-likeness (QED) is 0.922. The largest absolute Gasteiger partial charge is 0.395 e. The van der Waals surface area contributed by atoms with Gasteiger partial charge in [0.1, 0.15) is 5.82 Å². The fourth-order valence-electron chi connectivity index (χ4n) is 2.10. The van der Waals surface area contributed by atoms with Crippen LogP contribution in [0.3, 0.4) is 0 Å². The van der Waals surface area contributed by atoms with E-state index in [1.54, 1.807) is 0 Å². The molecule has 0 atom stereocenters.